The minimum absolute atomic E-state index is 0.114. The van der Waals surface area contributed by atoms with Crippen LogP contribution in [0.5, 0.6) is 0 Å². The number of halogens is 1. The van der Waals surface area contributed by atoms with E-state index in [1.165, 1.54) is 0 Å². The molecule has 2 aromatic carbocycles. The van der Waals surface area contributed by atoms with E-state index in [4.69, 9.17) is 4.74 Å². The lowest BCUT2D eigenvalue weighted by Gasteiger charge is -2.19. The molecule has 0 aliphatic heterocycles. The Morgan fingerprint density at radius 3 is 2.37 bits per heavy atom. The number of aliphatic hydroxyl groups excluding tert-OH is 1. The van der Waals surface area contributed by atoms with Gasteiger partial charge in [-0.25, -0.2) is 0 Å². The first-order valence-electron chi connectivity index (χ1n) is 8.69. The number of ether oxygens (including phenoxy) is 1. The Morgan fingerprint density at radius 1 is 1.11 bits per heavy atom. The van der Waals surface area contributed by atoms with Crippen LogP contribution >= 0.6 is 15.9 Å². The number of carbonyl (C=O) groups excluding carboxylic acids is 2. The van der Waals surface area contributed by atoms with Crippen molar-refractivity contribution in [3.63, 3.8) is 0 Å². The second-order valence-corrected chi connectivity index (χ2v) is 8.09. The highest BCUT2D eigenvalue weighted by Crippen LogP contribution is 2.24. The van der Waals surface area contributed by atoms with Gasteiger partial charge < -0.3 is 15.2 Å². The number of hydrogen-bond donors (Lipinski definition) is 2. The zero-order chi connectivity index (χ0) is 20.0. The third-order valence-corrected chi connectivity index (χ3v) is 4.18. The van der Waals surface area contributed by atoms with Crippen LogP contribution < -0.4 is 5.32 Å². The fourth-order valence-corrected chi connectivity index (χ4v) is 2.88. The normalized spacial score (nSPS) is 12.3. The van der Waals surface area contributed by atoms with Crippen LogP contribution in [0.4, 0.5) is 0 Å². The molecule has 0 saturated carbocycles. The Bertz CT molecular complexity index is 797. The molecule has 1 amide bonds. The molecule has 5 nitrogen and oxygen atoms in total. The molecule has 1 unspecified atom stereocenters. The fraction of sp³-hybridized carbons (Fsp3) is 0.333. The Balaban J connectivity index is 1.90. The van der Waals surface area contributed by atoms with Gasteiger partial charge in [-0.2, -0.15) is 0 Å². The Labute approximate surface area is 167 Å². The lowest BCUT2D eigenvalue weighted by atomic mass is 10.0. The van der Waals surface area contributed by atoms with Gasteiger partial charge in [-0.05, 0) is 56.2 Å². The van der Waals surface area contributed by atoms with E-state index in [9.17, 15) is 14.7 Å². The number of rotatable bonds is 6. The molecule has 0 bridgehead atoms. The monoisotopic (exact) mass is 433 g/mol. The smallest absolute Gasteiger partial charge is 0.308 e. The summed E-state index contributed by atoms with van der Waals surface area (Å²) < 4.78 is 6.09. The van der Waals surface area contributed by atoms with Gasteiger partial charge >= 0.3 is 5.97 Å². The van der Waals surface area contributed by atoms with Crippen molar-refractivity contribution in [2.24, 2.45) is 0 Å². The molecule has 6 heteroatoms. The maximum atomic E-state index is 12.2. The van der Waals surface area contributed by atoms with Gasteiger partial charge in [0.1, 0.15) is 11.7 Å². The number of amides is 1. The topological polar surface area (TPSA) is 75.6 Å². The molecule has 144 valence electrons. The molecule has 2 aromatic rings. The number of aliphatic hydroxyl groups is 1. The summed E-state index contributed by atoms with van der Waals surface area (Å²) in [5.74, 6) is -0.627. The Hall–Kier alpha value is -2.18. The summed E-state index contributed by atoms with van der Waals surface area (Å²) in [6, 6.07) is 14.2. The minimum Gasteiger partial charge on any atom is -0.460 e. The summed E-state index contributed by atoms with van der Waals surface area (Å²) in [7, 11) is 0. The number of esters is 1. The van der Waals surface area contributed by atoms with Crippen LogP contribution in [0.25, 0.3) is 0 Å². The predicted octanol–water partition coefficient (Wildman–Crippen LogP) is 3.99. The van der Waals surface area contributed by atoms with Gasteiger partial charge in [0.2, 0.25) is 0 Å². The molecule has 0 fully saturated rings. The summed E-state index contributed by atoms with van der Waals surface area (Å²) in [6.07, 6.45) is -0.658. The lowest BCUT2D eigenvalue weighted by molar-refractivity contribution is -0.154. The number of hydrogen-bond acceptors (Lipinski definition) is 4. The molecule has 0 spiro atoms. The average molecular weight is 434 g/mol. The van der Waals surface area contributed by atoms with Gasteiger partial charge in [-0.1, -0.05) is 40.2 Å². The second-order valence-electron chi connectivity index (χ2n) is 7.17. The van der Waals surface area contributed by atoms with E-state index in [-0.39, 0.29) is 24.8 Å². The highest BCUT2D eigenvalue weighted by molar-refractivity contribution is 9.10. The number of benzene rings is 2. The van der Waals surface area contributed by atoms with Crippen molar-refractivity contribution in [2.45, 2.75) is 38.9 Å². The maximum Gasteiger partial charge on any atom is 0.308 e. The van der Waals surface area contributed by atoms with Crippen molar-refractivity contribution < 1.29 is 19.4 Å². The number of nitrogens with one attached hydrogen (secondary N) is 1. The van der Waals surface area contributed by atoms with E-state index in [2.05, 4.69) is 21.2 Å². The molecule has 0 heterocycles. The summed E-state index contributed by atoms with van der Waals surface area (Å²) in [5.41, 5.74) is 1.38. The van der Waals surface area contributed by atoms with Crippen LogP contribution in [0, 0.1) is 0 Å². The maximum absolute atomic E-state index is 12.2. The first-order chi connectivity index (χ1) is 12.7. The zero-order valence-corrected chi connectivity index (χ0v) is 17.2. The second kappa shape index (κ2) is 9.15. The zero-order valence-electron chi connectivity index (χ0n) is 15.7. The first-order valence-corrected chi connectivity index (χ1v) is 9.48. The van der Waals surface area contributed by atoms with Crippen LogP contribution in [0.1, 0.15) is 54.8 Å². The van der Waals surface area contributed by atoms with E-state index >= 15 is 0 Å². The van der Waals surface area contributed by atoms with Crippen molar-refractivity contribution in [1.29, 1.82) is 0 Å². The summed E-state index contributed by atoms with van der Waals surface area (Å²) in [5, 5.41) is 13.2. The van der Waals surface area contributed by atoms with Crippen molar-refractivity contribution >= 4 is 27.8 Å². The quantitative estimate of drug-likeness (QED) is 0.675. The highest BCUT2D eigenvalue weighted by Gasteiger charge is 2.16. The molecule has 0 radical (unpaired) electrons. The largest absolute Gasteiger partial charge is 0.460 e. The van der Waals surface area contributed by atoms with Gasteiger partial charge in [0, 0.05) is 16.6 Å². The van der Waals surface area contributed by atoms with Crippen molar-refractivity contribution in [3.05, 3.63) is 69.7 Å². The summed E-state index contributed by atoms with van der Waals surface area (Å²) in [4.78, 5) is 23.8. The average Bonchev–Trinajstić information content (AvgIpc) is 2.59. The van der Waals surface area contributed by atoms with Gasteiger partial charge in [-0.15, -0.1) is 0 Å². The van der Waals surface area contributed by atoms with E-state index < -0.39 is 11.7 Å². The van der Waals surface area contributed by atoms with Crippen LogP contribution in [0.15, 0.2) is 53.0 Å². The predicted molar refractivity (Wildman–Crippen MR) is 107 cm³/mol. The Kier molecular flexibility index (Phi) is 7.16. The Morgan fingerprint density at radius 2 is 1.78 bits per heavy atom. The van der Waals surface area contributed by atoms with Crippen molar-refractivity contribution in [3.8, 4) is 0 Å². The molecular formula is C21H24BrNO4. The number of carbonyl (C=O) groups is 2. The van der Waals surface area contributed by atoms with Gasteiger partial charge in [0.25, 0.3) is 5.91 Å². The highest BCUT2D eigenvalue weighted by atomic mass is 79.9. The molecule has 27 heavy (non-hydrogen) atoms. The third-order valence-electron chi connectivity index (χ3n) is 3.69. The van der Waals surface area contributed by atoms with E-state index in [1.54, 1.807) is 45.0 Å². The molecule has 2 N–H and O–H groups in total. The molecule has 0 aromatic heterocycles. The molecule has 0 aliphatic rings. The van der Waals surface area contributed by atoms with E-state index in [0.717, 1.165) is 10.0 Å². The molecule has 0 saturated heterocycles. The lowest BCUT2D eigenvalue weighted by Crippen LogP contribution is -2.29. The van der Waals surface area contributed by atoms with Crippen LogP contribution in [-0.4, -0.2) is 29.1 Å². The van der Waals surface area contributed by atoms with Crippen LogP contribution in [0.3, 0.4) is 0 Å². The molecular weight excluding hydrogens is 410 g/mol. The minimum atomic E-state index is -0.772. The van der Waals surface area contributed by atoms with Crippen LogP contribution in [-0.2, 0) is 9.53 Å². The van der Waals surface area contributed by atoms with Gasteiger partial charge in [0.05, 0.1) is 6.42 Å². The van der Waals surface area contributed by atoms with Gasteiger partial charge in [0.15, 0.2) is 0 Å². The SMILES string of the molecule is CC(C)(C)OC(=O)CCNC(=O)c1ccc(C(O)c2cccc(Br)c2)cc1. The van der Waals surface area contributed by atoms with Crippen molar-refractivity contribution in [2.75, 3.05) is 6.54 Å². The third kappa shape index (κ3) is 6.81. The van der Waals surface area contributed by atoms with Crippen molar-refractivity contribution in [1.82, 2.24) is 5.32 Å². The molecule has 0 aliphatic carbocycles. The van der Waals surface area contributed by atoms with Gasteiger partial charge in [-0.3, -0.25) is 9.59 Å². The summed E-state index contributed by atoms with van der Waals surface area (Å²) in [6.45, 7) is 5.60. The van der Waals surface area contributed by atoms with E-state index in [1.807, 2.05) is 24.3 Å². The standard InChI is InChI=1S/C21H24BrNO4/c1-21(2,3)27-18(24)11-12-23-20(26)15-9-7-14(8-10-15)19(25)16-5-4-6-17(22)13-16/h4-10,13,19,25H,11-12H2,1-3H3,(H,23,26). The summed E-state index contributed by atoms with van der Waals surface area (Å²) >= 11 is 3.39. The molecule has 1 atom stereocenters. The fourth-order valence-electron chi connectivity index (χ4n) is 2.46. The van der Waals surface area contributed by atoms with Crippen LogP contribution in [0.2, 0.25) is 0 Å². The first kappa shape index (κ1) is 21.1. The van der Waals surface area contributed by atoms with E-state index in [0.29, 0.717) is 11.1 Å². The molecule has 2 rings (SSSR count).